The zero-order valence-electron chi connectivity index (χ0n) is 15.4. The molecule has 1 saturated heterocycles. The fraction of sp³-hybridized carbons (Fsp3) is 0.524. The molecule has 1 aliphatic heterocycles. The maximum Gasteiger partial charge on any atom is 0.125 e. The van der Waals surface area contributed by atoms with E-state index in [1.54, 1.807) is 0 Å². The normalized spacial score (nSPS) is 22.5. The number of aliphatic hydroxyl groups is 1. The molecule has 1 aliphatic carbocycles. The molecule has 2 aliphatic rings. The summed E-state index contributed by atoms with van der Waals surface area (Å²) in [5.41, 5.74) is 4.10. The summed E-state index contributed by atoms with van der Waals surface area (Å²) in [7, 11) is 0. The summed E-state index contributed by atoms with van der Waals surface area (Å²) < 4.78 is 5.55. The lowest BCUT2D eigenvalue weighted by molar-refractivity contribution is 0.136. The molecule has 26 heavy (non-hydrogen) atoms. The smallest absolute Gasteiger partial charge is 0.125 e. The summed E-state index contributed by atoms with van der Waals surface area (Å²) in [4.78, 5) is 11.8. The number of hydrogen-bond acceptors (Lipinski definition) is 5. The molecule has 1 spiro atoms. The quantitative estimate of drug-likeness (QED) is 0.895. The van der Waals surface area contributed by atoms with E-state index >= 15 is 0 Å². The third-order valence-electron chi connectivity index (χ3n) is 5.68. The lowest BCUT2D eigenvalue weighted by atomic mass is 9.77. The highest BCUT2D eigenvalue weighted by Crippen LogP contribution is 2.44. The number of fused-ring (bicyclic) bond motifs is 2. The van der Waals surface area contributed by atoms with Gasteiger partial charge in [-0.3, -0.25) is 4.90 Å². The minimum absolute atomic E-state index is 0.0412. The van der Waals surface area contributed by atoms with Crippen LogP contribution in [0.5, 0.6) is 5.75 Å². The Morgan fingerprint density at radius 1 is 1.31 bits per heavy atom. The Morgan fingerprint density at radius 2 is 2.23 bits per heavy atom. The van der Waals surface area contributed by atoms with Gasteiger partial charge in [-0.1, -0.05) is 12.1 Å². The van der Waals surface area contributed by atoms with E-state index in [1.807, 2.05) is 25.3 Å². The largest absolute Gasteiger partial charge is 0.491 e. The number of piperidine rings is 1. The molecule has 0 radical (unpaired) electrons. The van der Waals surface area contributed by atoms with Crippen LogP contribution >= 0.6 is 0 Å². The topological polar surface area (TPSA) is 58.5 Å². The molecule has 5 heteroatoms. The van der Waals surface area contributed by atoms with Crippen LogP contribution in [0.2, 0.25) is 0 Å². The van der Waals surface area contributed by atoms with E-state index in [9.17, 15) is 0 Å². The van der Waals surface area contributed by atoms with Gasteiger partial charge >= 0.3 is 0 Å². The number of aliphatic hydroxyl groups excluding tert-OH is 1. The molecule has 1 aromatic heterocycles. The molecule has 1 aromatic carbocycles. The van der Waals surface area contributed by atoms with Gasteiger partial charge in [-0.05, 0) is 62.4 Å². The van der Waals surface area contributed by atoms with Crippen LogP contribution < -0.4 is 4.74 Å². The van der Waals surface area contributed by atoms with Crippen molar-refractivity contribution in [1.82, 2.24) is 14.9 Å². The predicted molar refractivity (Wildman–Crippen MR) is 100 cm³/mol. The van der Waals surface area contributed by atoms with E-state index in [-0.39, 0.29) is 12.0 Å². The summed E-state index contributed by atoms with van der Waals surface area (Å²) in [6.45, 7) is 5.50. The van der Waals surface area contributed by atoms with Crippen LogP contribution in [0.15, 0.2) is 30.5 Å². The third kappa shape index (κ3) is 3.46. The highest BCUT2D eigenvalue weighted by Gasteiger charge is 2.43. The minimum atomic E-state index is 0.0412. The van der Waals surface area contributed by atoms with E-state index in [0.717, 1.165) is 37.6 Å². The second kappa shape index (κ2) is 7.33. The Labute approximate surface area is 155 Å². The first-order valence-electron chi connectivity index (χ1n) is 9.56. The van der Waals surface area contributed by atoms with Crippen LogP contribution in [0, 0.1) is 6.92 Å². The maximum atomic E-state index is 8.93. The van der Waals surface area contributed by atoms with Crippen molar-refractivity contribution in [3.63, 3.8) is 0 Å². The first kappa shape index (κ1) is 17.4. The number of benzene rings is 1. The molecule has 1 N–H and O–H groups in total. The molecule has 0 amide bonds. The lowest BCUT2D eigenvalue weighted by Crippen LogP contribution is -2.45. The molecule has 2 heterocycles. The molecule has 1 fully saturated rings. The average Bonchev–Trinajstić information content (AvgIpc) is 2.98. The van der Waals surface area contributed by atoms with Gasteiger partial charge in [0.25, 0.3) is 0 Å². The van der Waals surface area contributed by atoms with Crippen LogP contribution in [0.4, 0.5) is 0 Å². The van der Waals surface area contributed by atoms with Crippen molar-refractivity contribution >= 4 is 0 Å². The summed E-state index contributed by atoms with van der Waals surface area (Å²) in [5, 5.41) is 8.93. The molecule has 2 aromatic rings. The van der Waals surface area contributed by atoms with E-state index in [4.69, 9.17) is 14.8 Å². The van der Waals surface area contributed by atoms with Crippen molar-refractivity contribution in [2.24, 2.45) is 0 Å². The second-order valence-corrected chi connectivity index (χ2v) is 7.61. The first-order valence-corrected chi connectivity index (χ1v) is 9.56. The van der Waals surface area contributed by atoms with Crippen molar-refractivity contribution in [1.29, 1.82) is 0 Å². The molecular formula is C21H27N3O2. The average molecular weight is 353 g/mol. The monoisotopic (exact) mass is 353 g/mol. The Morgan fingerprint density at radius 3 is 3.12 bits per heavy atom. The number of rotatable bonds is 5. The van der Waals surface area contributed by atoms with Gasteiger partial charge in [0.2, 0.25) is 0 Å². The zero-order chi connectivity index (χ0) is 18.0. The van der Waals surface area contributed by atoms with Gasteiger partial charge in [0.1, 0.15) is 18.2 Å². The van der Waals surface area contributed by atoms with Gasteiger partial charge in [0.15, 0.2) is 0 Å². The van der Waals surface area contributed by atoms with E-state index in [2.05, 4.69) is 22.0 Å². The van der Waals surface area contributed by atoms with Crippen molar-refractivity contribution < 1.29 is 9.84 Å². The number of ether oxygens (including phenoxy) is 1. The Kier molecular flexibility index (Phi) is 4.92. The molecule has 138 valence electrons. The second-order valence-electron chi connectivity index (χ2n) is 7.61. The van der Waals surface area contributed by atoms with Crippen molar-refractivity contribution in [2.75, 3.05) is 26.3 Å². The minimum Gasteiger partial charge on any atom is -0.491 e. The number of aromatic nitrogens is 2. The van der Waals surface area contributed by atoms with Crippen LogP contribution in [0.1, 0.15) is 41.9 Å². The number of aryl methyl sites for hydroxylation is 2. The van der Waals surface area contributed by atoms with E-state index in [0.29, 0.717) is 6.61 Å². The Balaban J connectivity index is 1.49. The molecule has 1 unspecified atom stereocenters. The molecule has 4 rings (SSSR count). The summed E-state index contributed by atoms with van der Waals surface area (Å²) in [5.74, 6) is 1.72. The van der Waals surface area contributed by atoms with Gasteiger partial charge in [0.05, 0.1) is 12.3 Å². The lowest BCUT2D eigenvalue weighted by Gasteiger charge is -2.40. The SMILES string of the molecule is Cc1ncc2c(n1)C1(CCCN(Cc3cccc(OCCO)c3)C1)CC2. The van der Waals surface area contributed by atoms with E-state index < -0.39 is 0 Å². The number of hydrogen-bond donors (Lipinski definition) is 1. The molecule has 0 saturated carbocycles. The molecule has 5 nitrogen and oxygen atoms in total. The summed E-state index contributed by atoms with van der Waals surface area (Å²) in [6.07, 6.45) is 6.77. The maximum absolute atomic E-state index is 8.93. The fourth-order valence-corrected chi connectivity index (χ4v) is 4.54. The van der Waals surface area contributed by atoms with Gasteiger partial charge in [-0.2, -0.15) is 0 Å². The van der Waals surface area contributed by atoms with E-state index in [1.165, 1.54) is 36.1 Å². The molecule has 0 bridgehead atoms. The fourth-order valence-electron chi connectivity index (χ4n) is 4.54. The van der Waals surface area contributed by atoms with Crippen LogP contribution in [0.25, 0.3) is 0 Å². The van der Waals surface area contributed by atoms with Crippen LogP contribution in [-0.2, 0) is 18.4 Å². The summed E-state index contributed by atoms with van der Waals surface area (Å²) in [6, 6.07) is 8.22. The predicted octanol–water partition coefficient (Wildman–Crippen LogP) is 2.64. The Bertz CT molecular complexity index is 776. The van der Waals surface area contributed by atoms with Crippen molar-refractivity contribution in [2.45, 2.75) is 44.6 Å². The van der Waals surface area contributed by atoms with Crippen molar-refractivity contribution in [3.05, 3.63) is 53.1 Å². The molecular weight excluding hydrogens is 326 g/mol. The van der Waals surface area contributed by atoms with Crippen LogP contribution in [-0.4, -0.2) is 46.3 Å². The number of nitrogens with zero attached hydrogens (tertiary/aromatic N) is 3. The standard InChI is InChI=1S/C21H27N3O2/c1-16-22-13-18-6-8-21(20(18)23-16)7-3-9-24(15-21)14-17-4-2-5-19(12-17)26-11-10-25/h2,4-5,12-13,25H,3,6-11,14-15H2,1H3. The first-order chi connectivity index (χ1) is 12.7. The highest BCUT2D eigenvalue weighted by molar-refractivity contribution is 5.34. The van der Waals surface area contributed by atoms with Gasteiger partial charge < -0.3 is 9.84 Å². The zero-order valence-corrected chi connectivity index (χ0v) is 15.4. The van der Waals surface area contributed by atoms with Gasteiger partial charge in [0, 0.05) is 24.7 Å². The third-order valence-corrected chi connectivity index (χ3v) is 5.68. The summed E-state index contributed by atoms with van der Waals surface area (Å²) >= 11 is 0. The number of likely N-dealkylation sites (tertiary alicyclic amines) is 1. The van der Waals surface area contributed by atoms with Crippen LogP contribution in [0.3, 0.4) is 0 Å². The highest BCUT2D eigenvalue weighted by atomic mass is 16.5. The van der Waals surface area contributed by atoms with Gasteiger partial charge in [-0.25, -0.2) is 9.97 Å². The molecule has 1 atom stereocenters. The van der Waals surface area contributed by atoms with Crippen molar-refractivity contribution in [3.8, 4) is 5.75 Å². The van der Waals surface area contributed by atoms with Gasteiger partial charge in [-0.15, -0.1) is 0 Å². The Hall–Kier alpha value is -1.98.